The first-order chi connectivity index (χ1) is 13.3. The Kier molecular flexibility index (Phi) is 6.30. The van der Waals surface area contributed by atoms with E-state index in [2.05, 4.69) is 10.0 Å². The molecule has 0 atom stereocenters. The molecule has 2 aromatic rings. The third-order valence-corrected chi connectivity index (χ3v) is 6.25. The van der Waals surface area contributed by atoms with Gasteiger partial charge in [-0.05, 0) is 42.2 Å². The monoisotopic (exact) mass is 420 g/mol. The molecule has 150 valence electrons. The van der Waals surface area contributed by atoms with Gasteiger partial charge in [-0.2, -0.15) is 0 Å². The lowest BCUT2D eigenvalue weighted by molar-refractivity contribution is -0.128. The minimum absolute atomic E-state index is 0.00376. The molecule has 1 fully saturated rings. The Hall–Kier alpha value is -2.05. The lowest BCUT2D eigenvalue weighted by Gasteiger charge is -2.36. The second-order valence-electron chi connectivity index (χ2n) is 7.37. The van der Waals surface area contributed by atoms with E-state index in [4.69, 9.17) is 11.6 Å². The van der Waals surface area contributed by atoms with Crippen molar-refractivity contribution in [1.29, 1.82) is 0 Å². The first-order valence-corrected chi connectivity index (χ1v) is 11.7. The summed E-state index contributed by atoms with van der Waals surface area (Å²) in [4.78, 5) is 13.3. The topological polar surface area (TPSA) is 75.3 Å². The summed E-state index contributed by atoms with van der Waals surface area (Å²) in [7, 11) is -3.33. The summed E-state index contributed by atoms with van der Waals surface area (Å²) in [5, 5.41) is 3.70. The second kappa shape index (κ2) is 8.53. The number of benzene rings is 2. The highest BCUT2D eigenvalue weighted by Crippen LogP contribution is 2.40. The number of hydrogen-bond acceptors (Lipinski definition) is 3. The maximum absolute atomic E-state index is 13.3. The fraction of sp³-hybridized carbons (Fsp3) is 0.381. The molecule has 2 aromatic carbocycles. The van der Waals surface area contributed by atoms with Gasteiger partial charge in [0.25, 0.3) is 0 Å². The summed E-state index contributed by atoms with van der Waals surface area (Å²) < 4.78 is 25.3. The zero-order valence-electron chi connectivity index (χ0n) is 15.9. The van der Waals surface area contributed by atoms with Gasteiger partial charge in [0.1, 0.15) is 0 Å². The molecule has 1 aliphatic carbocycles. The van der Waals surface area contributed by atoms with Gasteiger partial charge in [-0.15, -0.1) is 0 Å². The highest BCUT2D eigenvalue weighted by Gasteiger charge is 2.40. The van der Waals surface area contributed by atoms with E-state index in [-0.39, 0.29) is 5.91 Å². The Morgan fingerprint density at radius 1 is 1.04 bits per heavy atom. The predicted molar refractivity (Wildman–Crippen MR) is 113 cm³/mol. The van der Waals surface area contributed by atoms with Gasteiger partial charge >= 0.3 is 0 Å². The van der Waals surface area contributed by atoms with Crippen LogP contribution in [0, 0.1) is 0 Å². The van der Waals surface area contributed by atoms with E-state index < -0.39 is 15.4 Å². The van der Waals surface area contributed by atoms with Gasteiger partial charge < -0.3 is 5.32 Å². The van der Waals surface area contributed by atoms with Crippen molar-refractivity contribution in [3.8, 4) is 0 Å². The molecule has 1 amide bonds. The number of amides is 1. The Morgan fingerprint density at radius 2 is 1.68 bits per heavy atom. The van der Waals surface area contributed by atoms with Crippen LogP contribution in [0.15, 0.2) is 48.5 Å². The predicted octanol–water partition coefficient (Wildman–Crippen LogP) is 4.23. The van der Waals surface area contributed by atoms with Crippen molar-refractivity contribution < 1.29 is 13.2 Å². The van der Waals surface area contributed by atoms with Crippen molar-refractivity contribution in [2.45, 2.75) is 44.1 Å². The summed E-state index contributed by atoms with van der Waals surface area (Å²) >= 11 is 6.21. The second-order valence-corrected chi connectivity index (χ2v) is 9.52. The highest BCUT2D eigenvalue weighted by atomic mass is 35.5. The maximum atomic E-state index is 13.3. The molecule has 3 rings (SSSR count). The summed E-state index contributed by atoms with van der Waals surface area (Å²) in [6.07, 6.45) is 5.77. The molecule has 0 spiro atoms. The largest absolute Gasteiger partial charge is 0.351 e. The molecule has 28 heavy (non-hydrogen) atoms. The third-order valence-electron chi connectivity index (χ3n) is 5.28. The molecular weight excluding hydrogens is 396 g/mol. The molecule has 5 nitrogen and oxygen atoms in total. The van der Waals surface area contributed by atoms with Gasteiger partial charge in [-0.25, -0.2) is 8.42 Å². The van der Waals surface area contributed by atoms with Crippen LogP contribution in [-0.4, -0.2) is 20.6 Å². The Balaban J connectivity index is 1.82. The summed E-state index contributed by atoms with van der Waals surface area (Å²) in [5.74, 6) is -0.00376. The molecule has 7 heteroatoms. The quantitative estimate of drug-likeness (QED) is 0.734. The van der Waals surface area contributed by atoms with E-state index in [1.807, 2.05) is 36.4 Å². The van der Waals surface area contributed by atoms with Crippen molar-refractivity contribution in [1.82, 2.24) is 5.32 Å². The van der Waals surface area contributed by atoms with Crippen molar-refractivity contribution in [3.05, 3.63) is 64.7 Å². The molecule has 1 saturated carbocycles. The summed E-state index contributed by atoms with van der Waals surface area (Å²) in [6, 6.07) is 14.6. The van der Waals surface area contributed by atoms with Crippen LogP contribution in [0.1, 0.15) is 43.2 Å². The number of hydrogen-bond donors (Lipinski definition) is 2. The van der Waals surface area contributed by atoms with Crippen LogP contribution in [-0.2, 0) is 26.8 Å². The van der Waals surface area contributed by atoms with E-state index >= 15 is 0 Å². The fourth-order valence-electron chi connectivity index (χ4n) is 3.86. The van der Waals surface area contributed by atoms with Crippen molar-refractivity contribution in [3.63, 3.8) is 0 Å². The zero-order valence-corrected chi connectivity index (χ0v) is 17.4. The van der Waals surface area contributed by atoms with E-state index in [0.717, 1.165) is 49.5 Å². The average Bonchev–Trinajstić information content (AvgIpc) is 2.67. The fourth-order valence-corrected chi connectivity index (χ4v) is 4.63. The van der Waals surface area contributed by atoms with Crippen LogP contribution in [0.4, 0.5) is 5.69 Å². The molecule has 0 aromatic heterocycles. The van der Waals surface area contributed by atoms with E-state index in [1.165, 1.54) is 0 Å². The van der Waals surface area contributed by atoms with Gasteiger partial charge in [0.15, 0.2) is 0 Å². The third kappa shape index (κ3) is 4.86. The lowest BCUT2D eigenvalue weighted by Crippen LogP contribution is -2.45. The molecule has 0 heterocycles. The average molecular weight is 421 g/mol. The van der Waals surface area contributed by atoms with Gasteiger partial charge in [-0.3, -0.25) is 9.52 Å². The number of halogens is 1. The minimum Gasteiger partial charge on any atom is -0.351 e. The van der Waals surface area contributed by atoms with Crippen LogP contribution in [0.2, 0.25) is 5.02 Å². The van der Waals surface area contributed by atoms with E-state index in [1.54, 1.807) is 12.1 Å². The number of nitrogens with one attached hydrogen (secondary N) is 2. The standard InChI is InChI=1S/C21H25ClN2O3S/c1-28(26,27)24-18-11-9-17(10-12-18)21(13-5-2-6-14-21)20(25)23-15-16-7-3-4-8-19(16)22/h3-4,7-12,24H,2,5-6,13-15H2,1H3,(H,23,25). The van der Waals surface area contributed by atoms with Gasteiger partial charge in [0.05, 0.1) is 11.7 Å². The molecule has 0 saturated heterocycles. The van der Waals surface area contributed by atoms with E-state index in [9.17, 15) is 13.2 Å². The molecule has 0 radical (unpaired) electrons. The highest BCUT2D eigenvalue weighted by molar-refractivity contribution is 7.92. The van der Waals surface area contributed by atoms with E-state index in [0.29, 0.717) is 17.3 Å². The van der Waals surface area contributed by atoms with Crippen LogP contribution < -0.4 is 10.0 Å². The summed E-state index contributed by atoms with van der Waals surface area (Å²) in [5.41, 5.74) is 1.70. The minimum atomic E-state index is -3.33. The van der Waals surface area contributed by atoms with Crippen molar-refractivity contribution in [2.75, 3.05) is 11.0 Å². The summed E-state index contributed by atoms with van der Waals surface area (Å²) in [6.45, 7) is 0.383. The number of carbonyl (C=O) groups is 1. The lowest BCUT2D eigenvalue weighted by atomic mass is 9.68. The van der Waals surface area contributed by atoms with Gasteiger partial charge in [0.2, 0.25) is 15.9 Å². The SMILES string of the molecule is CS(=O)(=O)Nc1ccc(C2(C(=O)NCc3ccccc3Cl)CCCCC2)cc1. The maximum Gasteiger partial charge on any atom is 0.230 e. The van der Waals surface area contributed by atoms with Crippen LogP contribution in [0.25, 0.3) is 0 Å². The first kappa shape index (κ1) is 20.7. The molecule has 0 bridgehead atoms. The number of carbonyl (C=O) groups excluding carboxylic acids is 1. The zero-order chi connectivity index (χ0) is 20.2. The Morgan fingerprint density at radius 3 is 2.29 bits per heavy atom. The van der Waals surface area contributed by atoms with Crippen LogP contribution in [0.3, 0.4) is 0 Å². The number of rotatable bonds is 6. The molecule has 0 aliphatic heterocycles. The molecule has 1 aliphatic rings. The Bertz CT molecular complexity index is 936. The van der Waals surface area contributed by atoms with Gasteiger partial charge in [-0.1, -0.05) is 61.2 Å². The van der Waals surface area contributed by atoms with Crippen LogP contribution in [0.5, 0.6) is 0 Å². The Labute approximate surface area is 171 Å². The molecular formula is C21H25ClN2O3S. The number of anilines is 1. The van der Waals surface area contributed by atoms with Crippen molar-refractivity contribution >= 4 is 33.2 Å². The van der Waals surface area contributed by atoms with Crippen molar-refractivity contribution in [2.24, 2.45) is 0 Å². The smallest absolute Gasteiger partial charge is 0.230 e. The normalized spacial score (nSPS) is 16.4. The van der Waals surface area contributed by atoms with Crippen LogP contribution >= 0.6 is 11.6 Å². The number of sulfonamides is 1. The van der Waals surface area contributed by atoms with Gasteiger partial charge in [0, 0.05) is 17.3 Å². The molecule has 2 N–H and O–H groups in total. The molecule has 0 unspecified atom stereocenters. The first-order valence-electron chi connectivity index (χ1n) is 9.40.